The second-order valence-corrected chi connectivity index (χ2v) is 8.24. The van der Waals surface area contributed by atoms with E-state index in [-0.39, 0.29) is 5.92 Å². The molecule has 0 saturated heterocycles. The van der Waals surface area contributed by atoms with Gasteiger partial charge >= 0.3 is 0 Å². The summed E-state index contributed by atoms with van der Waals surface area (Å²) in [6, 6.07) is 11.3. The Kier molecular flexibility index (Phi) is 6.92. The normalized spacial score (nSPS) is 12.7. The number of carbonyl (C=O) groups is 1. The molecule has 0 heterocycles. The SMILES string of the molecule is CC(C)C(NS(=O)(=O)c1ccccc1F)C(=O)NCCc1ccc(N)cc1. The van der Waals surface area contributed by atoms with E-state index in [0.29, 0.717) is 18.7 Å². The van der Waals surface area contributed by atoms with Crippen LogP contribution >= 0.6 is 0 Å². The first-order valence-corrected chi connectivity index (χ1v) is 10.1. The van der Waals surface area contributed by atoms with Crippen molar-refractivity contribution >= 4 is 21.6 Å². The molecule has 0 aliphatic rings. The number of benzene rings is 2. The lowest BCUT2D eigenvalue weighted by molar-refractivity contribution is -0.123. The summed E-state index contributed by atoms with van der Waals surface area (Å²) in [5.41, 5.74) is 7.29. The molecule has 8 heteroatoms. The van der Waals surface area contributed by atoms with Crippen molar-refractivity contribution in [2.45, 2.75) is 31.2 Å². The van der Waals surface area contributed by atoms with Crippen molar-refractivity contribution in [2.75, 3.05) is 12.3 Å². The fourth-order valence-electron chi connectivity index (χ4n) is 2.51. The number of carbonyl (C=O) groups excluding carboxylic acids is 1. The Balaban J connectivity index is 2.02. The Morgan fingerprint density at radius 2 is 1.74 bits per heavy atom. The largest absolute Gasteiger partial charge is 0.399 e. The van der Waals surface area contributed by atoms with Gasteiger partial charge in [0.2, 0.25) is 15.9 Å². The third kappa shape index (κ3) is 5.77. The van der Waals surface area contributed by atoms with Gasteiger partial charge in [-0.1, -0.05) is 38.1 Å². The lowest BCUT2D eigenvalue weighted by atomic mass is 10.0. The van der Waals surface area contributed by atoms with Gasteiger partial charge in [-0.15, -0.1) is 0 Å². The highest BCUT2D eigenvalue weighted by atomic mass is 32.2. The zero-order valence-corrected chi connectivity index (χ0v) is 16.1. The van der Waals surface area contributed by atoms with Crippen molar-refractivity contribution in [3.63, 3.8) is 0 Å². The molecule has 2 aromatic rings. The zero-order chi connectivity index (χ0) is 20.0. The van der Waals surface area contributed by atoms with Gasteiger partial charge < -0.3 is 11.1 Å². The molecule has 0 bridgehead atoms. The number of nitrogens with one attached hydrogen (secondary N) is 2. The average Bonchev–Trinajstić information content (AvgIpc) is 2.61. The number of anilines is 1. The van der Waals surface area contributed by atoms with Gasteiger partial charge in [0, 0.05) is 12.2 Å². The number of sulfonamides is 1. The van der Waals surface area contributed by atoms with E-state index in [2.05, 4.69) is 10.0 Å². The molecule has 0 aliphatic carbocycles. The van der Waals surface area contributed by atoms with E-state index in [9.17, 15) is 17.6 Å². The number of halogens is 1. The van der Waals surface area contributed by atoms with Crippen molar-refractivity contribution in [2.24, 2.45) is 5.92 Å². The fourth-order valence-corrected chi connectivity index (χ4v) is 3.93. The summed E-state index contributed by atoms with van der Waals surface area (Å²) in [6.07, 6.45) is 0.580. The second-order valence-electron chi connectivity index (χ2n) is 6.56. The topological polar surface area (TPSA) is 101 Å². The molecular weight excluding hydrogens is 369 g/mol. The van der Waals surface area contributed by atoms with Crippen LogP contribution in [-0.4, -0.2) is 26.9 Å². The monoisotopic (exact) mass is 393 g/mol. The summed E-state index contributed by atoms with van der Waals surface area (Å²) in [6.45, 7) is 3.77. The molecule has 1 unspecified atom stereocenters. The number of hydrogen-bond acceptors (Lipinski definition) is 4. The molecule has 1 atom stereocenters. The van der Waals surface area contributed by atoms with E-state index in [1.54, 1.807) is 26.0 Å². The van der Waals surface area contributed by atoms with Crippen molar-refractivity contribution in [1.29, 1.82) is 0 Å². The van der Waals surface area contributed by atoms with E-state index in [1.807, 2.05) is 12.1 Å². The molecule has 0 spiro atoms. The molecule has 6 nitrogen and oxygen atoms in total. The molecule has 0 saturated carbocycles. The number of rotatable bonds is 8. The molecule has 0 fully saturated rings. The van der Waals surface area contributed by atoms with Gasteiger partial charge in [-0.2, -0.15) is 4.72 Å². The highest BCUT2D eigenvalue weighted by Crippen LogP contribution is 2.15. The quantitative estimate of drug-likeness (QED) is 0.598. The molecule has 27 heavy (non-hydrogen) atoms. The van der Waals surface area contributed by atoms with Crippen LogP contribution < -0.4 is 15.8 Å². The number of nitrogen functional groups attached to an aromatic ring is 1. The predicted molar refractivity (Wildman–Crippen MR) is 103 cm³/mol. The van der Waals surface area contributed by atoms with Gasteiger partial charge in [-0.25, -0.2) is 12.8 Å². The minimum Gasteiger partial charge on any atom is -0.399 e. The first-order chi connectivity index (χ1) is 12.7. The summed E-state index contributed by atoms with van der Waals surface area (Å²) < 4.78 is 41.1. The maximum Gasteiger partial charge on any atom is 0.244 e. The third-order valence-corrected chi connectivity index (χ3v) is 5.52. The molecular formula is C19H24FN3O3S. The minimum absolute atomic E-state index is 0.317. The van der Waals surface area contributed by atoms with Crippen LogP contribution in [0.2, 0.25) is 0 Å². The molecule has 2 rings (SSSR count). The van der Waals surface area contributed by atoms with Gasteiger partial charge in [0.25, 0.3) is 0 Å². The van der Waals surface area contributed by atoms with Gasteiger partial charge in [-0.05, 0) is 42.2 Å². The highest BCUT2D eigenvalue weighted by molar-refractivity contribution is 7.89. The Morgan fingerprint density at radius 3 is 2.33 bits per heavy atom. The van der Waals surface area contributed by atoms with Gasteiger partial charge in [-0.3, -0.25) is 4.79 Å². The molecule has 0 aromatic heterocycles. The lowest BCUT2D eigenvalue weighted by Gasteiger charge is -2.21. The second kappa shape index (κ2) is 8.96. The van der Waals surface area contributed by atoms with Crippen LogP contribution in [0.3, 0.4) is 0 Å². The fraction of sp³-hybridized carbons (Fsp3) is 0.316. The Bertz CT molecular complexity index is 883. The van der Waals surface area contributed by atoms with Gasteiger partial charge in [0.05, 0.1) is 0 Å². The Morgan fingerprint density at radius 1 is 1.11 bits per heavy atom. The number of nitrogens with two attached hydrogens (primary N) is 1. The van der Waals surface area contributed by atoms with E-state index in [4.69, 9.17) is 5.73 Å². The molecule has 1 amide bonds. The summed E-state index contributed by atoms with van der Waals surface area (Å²) in [5.74, 6) is -1.64. The van der Waals surface area contributed by atoms with Crippen molar-refractivity contribution in [1.82, 2.24) is 10.0 Å². The molecule has 2 aromatic carbocycles. The third-order valence-electron chi connectivity index (χ3n) is 4.05. The van der Waals surface area contributed by atoms with Crippen LogP contribution in [0.1, 0.15) is 19.4 Å². The summed E-state index contributed by atoms with van der Waals surface area (Å²) >= 11 is 0. The van der Waals surface area contributed by atoms with Crippen LogP contribution in [-0.2, 0) is 21.2 Å². The lowest BCUT2D eigenvalue weighted by Crippen LogP contribution is -2.50. The molecule has 0 aliphatic heterocycles. The van der Waals surface area contributed by atoms with Gasteiger partial charge in [0.15, 0.2) is 0 Å². The van der Waals surface area contributed by atoms with Crippen LogP contribution in [0.25, 0.3) is 0 Å². The minimum atomic E-state index is -4.16. The Hall–Kier alpha value is -2.45. The smallest absolute Gasteiger partial charge is 0.244 e. The van der Waals surface area contributed by atoms with Crippen LogP contribution in [0.5, 0.6) is 0 Å². The van der Waals surface area contributed by atoms with Crippen molar-refractivity contribution < 1.29 is 17.6 Å². The summed E-state index contributed by atoms with van der Waals surface area (Å²) in [5, 5.41) is 2.72. The van der Waals surface area contributed by atoms with E-state index >= 15 is 0 Å². The predicted octanol–water partition coefficient (Wildman–Crippen LogP) is 2.07. The van der Waals surface area contributed by atoms with Crippen LogP contribution in [0.4, 0.5) is 10.1 Å². The van der Waals surface area contributed by atoms with Crippen molar-refractivity contribution in [3.05, 3.63) is 59.9 Å². The first-order valence-electron chi connectivity index (χ1n) is 8.59. The maximum atomic E-state index is 13.8. The highest BCUT2D eigenvalue weighted by Gasteiger charge is 2.29. The van der Waals surface area contributed by atoms with Crippen LogP contribution in [0, 0.1) is 11.7 Å². The zero-order valence-electron chi connectivity index (χ0n) is 15.3. The van der Waals surface area contributed by atoms with E-state index < -0.39 is 32.7 Å². The average molecular weight is 393 g/mol. The van der Waals surface area contributed by atoms with Crippen LogP contribution in [0.15, 0.2) is 53.4 Å². The summed E-state index contributed by atoms with van der Waals surface area (Å²) in [4.78, 5) is 12.0. The van der Waals surface area contributed by atoms with E-state index in [1.165, 1.54) is 12.1 Å². The molecule has 0 radical (unpaired) electrons. The molecule has 4 N–H and O–H groups in total. The standard InChI is InChI=1S/C19H24FN3O3S/c1-13(2)18(23-27(25,26)17-6-4-3-5-16(17)20)19(24)22-12-11-14-7-9-15(21)10-8-14/h3-10,13,18,23H,11-12,21H2,1-2H3,(H,22,24). The summed E-state index contributed by atoms with van der Waals surface area (Å²) in [7, 11) is -4.16. The molecule has 146 valence electrons. The number of hydrogen-bond donors (Lipinski definition) is 3. The number of amides is 1. The Labute approximate surface area is 159 Å². The first kappa shape index (κ1) is 20.9. The van der Waals surface area contributed by atoms with Gasteiger partial charge in [0.1, 0.15) is 16.8 Å². The van der Waals surface area contributed by atoms with E-state index in [0.717, 1.165) is 17.7 Å². The maximum absolute atomic E-state index is 13.8. The van der Waals surface area contributed by atoms with Crippen molar-refractivity contribution in [3.8, 4) is 0 Å².